The number of furan rings is 1. The molecule has 1 fully saturated rings. The fourth-order valence-electron chi connectivity index (χ4n) is 2.23. The van der Waals surface area contributed by atoms with Gasteiger partial charge in [0.05, 0.1) is 19.3 Å². The van der Waals surface area contributed by atoms with Crippen LogP contribution < -0.4 is 10.6 Å². The number of amides is 2. The Bertz CT molecular complexity index is 617. The predicted molar refractivity (Wildman–Crippen MR) is 88.1 cm³/mol. The highest BCUT2D eigenvalue weighted by atomic mass is 32.1. The van der Waals surface area contributed by atoms with Gasteiger partial charge in [-0.05, 0) is 30.8 Å². The van der Waals surface area contributed by atoms with Gasteiger partial charge in [-0.1, -0.05) is 6.92 Å². The summed E-state index contributed by atoms with van der Waals surface area (Å²) in [5.41, 5.74) is 0. The van der Waals surface area contributed by atoms with E-state index in [1.165, 1.54) is 17.2 Å². The van der Waals surface area contributed by atoms with Crippen LogP contribution in [0.3, 0.4) is 0 Å². The van der Waals surface area contributed by atoms with E-state index in [9.17, 15) is 14.4 Å². The summed E-state index contributed by atoms with van der Waals surface area (Å²) in [6, 6.07) is 2.27. The number of carbonyl (C=O) groups excluding carboxylic acids is 3. The van der Waals surface area contributed by atoms with Gasteiger partial charge in [0.25, 0.3) is 5.91 Å². The van der Waals surface area contributed by atoms with E-state index in [0.29, 0.717) is 26.1 Å². The molecule has 1 aromatic heterocycles. The van der Waals surface area contributed by atoms with Gasteiger partial charge in [-0.15, -0.1) is 0 Å². The molecule has 2 amide bonds. The zero-order valence-electron chi connectivity index (χ0n) is 13.2. The monoisotopic (exact) mass is 353 g/mol. The average molecular weight is 353 g/mol. The highest BCUT2D eigenvalue weighted by Crippen LogP contribution is 2.11. The molecule has 130 valence electrons. The Labute approximate surface area is 144 Å². The molecule has 2 heterocycles. The molecule has 1 aliphatic heterocycles. The van der Waals surface area contributed by atoms with E-state index < -0.39 is 17.9 Å². The van der Waals surface area contributed by atoms with Gasteiger partial charge in [-0.2, -0.15) is 0 Å². The summed E-state index contributed by atoms with van der Waals surface area (Å²) in [7, 11) is 0. The van der Waals surface area contributed by atoms with Crippen LogP contribution in [-0.2, 0) is 14.3 Å². The van der Waals surface area contributed by atoms with Gasteiger partial charge in [-0.25, -0.2) is 0 Å². The summed E-state index contributed by atoms with van der Waals surface area (Å²) >= 11 is 5.21. The number of nitrogens with one attached hydrogen (secondary N) is 2. The molecule has 1 unspecified atom stereocenters. The lowest BCUT2D eigenvalue weighted by Gasteiger charge is -2.36. The van der Waals surface area contributed by atoms with E-state index in [4.69, 9.17) is 21.4 Å². The number of esters is 1. The molecule has 0 aromatic carbocycles. The van der Waals surface area contributed by atoms with Gasteiger partial charge >= 0.3 is 5.97 Å². The molecule has 0 aliphatic carbocycles. The first kappa shape index (κ1) is 17.9. The van der Waals surface area contributed by atoms with Crippen LogP contribution in [0.4, 0.5) is 0 Å². The van der Waals surface area contributed by atoms with Gasteiger partial charge < -0.3 is 19.4 Å². The molecule has 8 nitrogen and oxygen atoms in total. The number of nitrogens with zero attached hydrogens (tertiary/aromatic N) is 1. The summed E-state index contributed by atoms with van der Waals surface area (Å²) in [6.45, 7) is 2.93. The van der Waals surface area contributed by atoms with Crippen LogP contribution in [0.1, 0.15) is 30.3 Å². The third-order valence-corrected chi connectivity index (χ3v) is 3.72. The molecular weight excluding hydrogens is 334 g/mol. The van der Waals surface area contributed by atoms with Gasteiger partial charge in [-0.3, -0.25) is 19.7 Å². The van der Waals surface area contributed by atoms with Crippen LogP contribution >= 0.6 is 12.2 Å². The van der Waals surface area contributed by atoms with Crippen LogP contribution in [0.2, 0.25) is 0 Å². The largest absolute Gasteiger partial charge is 0.466 e. The molecule has 9 heteroatoms. The fourth-order valence-corrected chi connectivity index (χ4v) is 2.54. The lowest BCUT2D eigenvalue weighted by Crippen LogP contribution is -2.60. The summed E-state index contributed by atoms with van der Waals surface area (Å²) in [5.74, 6) is -1.21. The van der Waals surface area contributed by atoms with Crippen molar-refractivity contribution in [2.24, 2.45) is 0 Å². The fraction of sp³-hybridized carbons (Fsp3) is 0.467. The molecule has 2 rings (SSSR count). The second kappa shape index (κ2) is 8.44. The van der Waals surface area contributed by atoms with Crippen LogP contribution in [0.5, 0.6) is 0 Å². The zero-order valence-corrected chi connectivity index (χ0v) is 14.1. The number of rotatable bonds is 5. The molecule has 0 radical (unpaired) electrons. The van der Waals surface area contributed by atoms with Crippen LogP contribution in [0.15, 0.2) is 22.8 Å². The maximum absolute atomic E-state index is 12.1. The standard InChI is InChI=1S/C15H19N3O5S/c1-2-7-23-12(19)9-10-13(20)16-5-6-18(10)15(24)17-14(21)11-4-3-8-22-11/h3-4,8,10H,2,5-7,9H2,1H3,(H,16,20)(H,17,21,24). The molecule has 0 saturated carbocycles. The second-order valence-corrected chi connectivity index (χ2v) is 5.55. The highest BCUT2D eigenvalue weighted by molar-refractivity contribution is 7.80. The van der Waals surface area contributed by atoms with Gasteiger partial charge in [0.2, 0.25) is 5.91 Å². The van der Waals surface area contributed by atoms with E-state index in [2.05, 4.69) is 10.6 Å². The van der Waals surface area contributed by atoms with Crippen molar-refractivity contribution in [2.45, 2.75) is 25.8 Å². The summed E-state index contributed by atoms with van der Waals surface area (Å²) < 4.78 is 10.0. The van der Waals surface area contributed by atoms with Gasteiger partial charge in [0.1, 0.15) is 6.04 Å². The quantitative estimate of drug-likeness (QED) is 0.585. The molecule has 1 aliphatic rings. The molecule has 0 bridgehead atoms. The van der Waals surface area contributed by atoms with E-state index in [-0.39, 0.29) is 23.2 Å². The molecule has 0 spiro atoms. The molecular formula is C15H19N3O5S. The first-order valence-corrected chi connectivity index (χ1v) is 8.02. The van der Waals surface area contributed by atoms with Crippen molar-refractivity contribution in [3.8, 4) is 0 Å². The maximum Gasteiger partial charge on any atom is 0.308 e. The van der Waals surface area contributed by atoms with E-state index in [1.54, 1.807) is 6.07 Å². The SMILES string of the molecule is CCCOC(=O)CC1C(=O)NCCN1C(=S)NC(=O)c1ccco1. The smallest absolute Gasteiger partial charge is 0.308 e. The highest BCUT2D eigenvalue weighted by Gasteiger charge is 2.34. The van der Waals surface area contributed by atoms with Crippen molar-refractivity contribution in [3.05, 3.63) is 24.2 Å². The number of thiocarbonyl (C=S) groups is 1. The Balaban J connectivity index is 2.01. The number of carbonyl (C=O) groups is 3. The molecule has 24 heavy (non-hydrogen) atoms. The predicted octanol–water partition coefficient (Wildman–Crippen LogP) is 0.438. The van der Waals surface area contributed by atoms with Crippen molar-refractivity contribution < 1.29 is 23.5 Å². The van der Waals surface area contributed by atoms with Crippen LogP contribution in [-0.4, -0.2) is 53.5 Å². The summed E-state index contributed by atoms with van der Waals surface area (Å²) in [6.07, 6.45) is 1.94. The lowest BCUT2D eigenvalue weighted by atomic mass is 10.1. The van der Waals surface area contributed by atoms with Crippen LogP contribution in [0.25, 0.3) is 0 Å². The van der Waals surface area contributed by atoms with Crippen molar-refractivity contribution >= 4 is 35.1 Å². The maximum atomic E-state index is 12.1. The van der Waals surface area contributed by atoms with Crippen LogP contribution in [0, 0.1) is 0 Å². The Kier molecular flexibility index (Phi) is 6.30. The number of hydrogen-bond donors (Lipinski definition) is 2. The normalized spacial score (nSPS) is 17.1. The summed E-state index contributed by atoms with van der Waals surface area (Å²) in [4.78, 5) is 37.4. The molecule has 1 aromatic rings. The minimum Gasteiger partial charge on any atom is -0.466 e. The van der Waals surface area contributed by atoms with E-state index in [0.717, 1.165) is 0 Å². The average Bonchev–Trinajstić information content (AvgIpc) is 3.09. The zero-order chi connectivity index (χ0) is 17.5. The topological polar surface area (TPSA) is 101 Å². The first-order chi connectivity index (χ1) is 11.5. The Morgan fingerprint density at radius 2 is 2.33 bits per heavy atom. The minimum absolute atomic E-state index is 0.0690. The first-order valence-electron chi connectivity index (χ1n) is 7.61. The third kappa shape index (κ3) is 4.54. The van der Waals surface area contributed by atoms with Crippen molar-refractivity contribution in [1.82, 2.24) is 15.5 Å². The van der Waals surface area contributed by atoms with Crippen molar-refractivity contribution in [1.29, 1.82) is 0 Å². The Morgan fingerprint density at radius 1 is 1.54 bits per heavy atom. The third-order valence-electron chi connectivity index (χ3n) is 3.38. The molecule has 1 atom stereocenters. The molecule has 2 N–H and O–H groups in total. The van der Waals surface area contributed by atoms with E-state index >= 15 is 0 Å². The van der Waals surface area contributed by atoms with Gasteiger partial charge in [0, 0.05) is 13.1 Å². The van der Waals surface area contributed by atoms with Gasteiger partial charge in [0.15, 0.2) is 10.9 Å². The lowest BCUT2D eigenvalue weighted by molar-refractivity contribution is -0.147. The van der Waals surface area contributed by atoms with E-state index in [1.807, 2.05) is 6.92 Å². The van der Waals surface area contributed by atoms with Crippen molar-refractivity contribution in [3.63, 3.8) is 0 Å². The summed E-state index contributed by atoms with van der Waals surface area (Å²) in [5, 5.41) is 5.26. The Morgan fingerprint density at radius 3 is 3.00 bits per heavy atom. The number of hydrogen-bond acceptors (Lipinski definition) is 6. The number of piperazine rings is 1. The molecule has 1 saturated heterocycles. The van der Waals surface area contributed by atoms with Crippen molar-refractivity contribution in [2.75, 3.05) is 19.7 Å². The Hall–Kier alpha value is -2.42. The second-order valence-electron chi connectivity index (χ2n) is 5.16. The minimum atomic E-state index is -0.812. The number of ether oxygens (including phenoxy) is 1.